The summed E-state index contributed by atoms with van der Waals surface area (Å²) in [5.74, 6) is 0.220. The van der Waals surface area contributed by atoms with Crippen LogP contribution in [0.15, 0.2) is 65.2 Å². The molecule has 1 atom stereocenters. The fraction of sp³-hybridized carbons (Fsp3) is 0.238. The van der Waals surface area contributed by atoms with E-state index >= 15 is 0 Å². The Hall–Kier alpha value is -2.88. The third-order valence-corrected chi connectivity index (χ3v) is 4.73. The molecular formula is C21H20N2O2. The highest BCUT2D eigenvalue weighted by atomic mass is 16.5. The summed E-state index contributed by atoms with van der Waals surface area (Å²) in [6.07, 6.45) is 1.99. The number of hydrogen-bond donors (Lipinski definition) is 0. The number of aryl methyl sites for hydroxylation is 1. The van der Waals surface area contributed by atoms with Crippen LogP contribution in [0, 0.1) is 6.92 Å². The molecule has 0 N–H and O–H groups in total. The van der Waals surface area contributed by atoms with Crippen LogP contribution >= 0.6 is 0 Å². The van der Waals surface area contributed by atoms with Gasteiger partial charge in [0, 0.05) is 18.2 Å². The van der Waals surface area contributed by atoms with Gasteiger partial charge in [0.05, 0.1) is 6.04 Å². The minimum absolute atomic E-state index is 0.0845. The van der Waals surface area contributed by atoms with Crippen LogP contribution < -0.4 is 0 Å². The van der Waals surface area contributed by atoms with Crippen molar-refractivity contribution in [3.05, 3.63) is 77.6 Å². The van der Waals surface area contributed by atoms with E-state index in [-0.39, 0.29) is 11.9 Å². The summed E-state index contributed by atoms with van der Waals surface area (Å²) < 4.78 is 5.36. The second kappa shape index (κ2) is 6.55. The van der Waals surface area contributed by atoms with Crippen LogP contribution in [0.1, 0.15) is 40.6 Å². The molecule has 0 spiro atoms. The molecule has 4 rings (SSSR count). The van der Waals surface area contributed by atoms with Crippen molar-refractivity contribution in [2.24, 2.45) is 0 Å². The number of rotatable bonds is 3. The Morgan fingerprint density at radius 1 is 1.12 bits per heavy atom. The third-order valence-electron chi connectivity index (χ3n) is 4.73. The van der Waals surface area contributed by atoms with E-state index in [9.17, 15) is 4.79 Å². The maximum atomic E-state index is 13.0. The van der Waals surface area contributed by atoms with Crippen LogP contribution in [0.4, 0.5) is 0 Å². The molecule has 4 nitrogen and oxygen atoms in total. The van der Waals surface area contributed by atoms with Crippen LogP contribution in [0.25, 0.3) is 11.3 Å². The van der Waals surface area contributed by atoms with Gasteiger partial charge in [0.1, 0.15) is 5.69 Å². The van der Waals surface area contributed by atoms with E-state index in [1.165, 1.54) is 11.1 Å². The molecule has 1 aliphatic heterocycles. The van der Waals surface area contributed by atoms with Crippen molar-refractivity contribution in [3.8, 4) is 11.3 Å². The zero-order chi connectivity index (χ0) is 17.2. The van der Waals surface area contributed by atoms with Crippen LogP contribution in [0.5, 0.6) is 0 Å². The van der Waals surface area contributed by atoms with Crippen molar-refractivity contribution >= 4 is 5.91 Å². The summed E-state index contributed by atoms with van der Waals surface area (Å²) in [4.78, 5) is 14.9. The van der Waals surface area contributed by atoms with Crippen molar-refractivity contribution in [1.82, 2.24) is 10.1 Å². The van der Waals surface area contributed by atoms with Crippen molar-refractivity contribution in [2.75, 3.05) is 6.54 Å². The normalized spacial score (nSPS) is 17.0. The van der Waals surface area contributed by atoms with Crippen LogP contribution in [0.3, 0.4) is 0 Å². The van der Waals surface area contributed by atoms with E-state index < -0.39 is 0 Å². The predicted molar refractivity (Wildman–Crippen MR) is 96.1 cm³/mol. The van der Waals surface area contributed by atoms with E-state index in [0.717, 1.165) is 24.9 Å². The standard InChI is InChI=1S/C21H20N2O2/c1-15-7-5-10-17(13-15)19-11-6-12-23(19)21(24)20-14-18(22-25-20)16-8-3-2-4-9-16/h2-5,7-10,13-14,19H,6,11-12H2,1H3/t19-/m0/s1. The topological polar surface area (TPSA) is 46.3 Å². The van der Waals surface area contributed by atoms with E-state index in [4.69, 9.17) is 4.52 Å². The lowest BCUT2D eigenvalue weighted by molar-refractivity contribution is 0.0693. The van der Waals surface area contributed by atoms with Gasteiger partial charge in [-0.25, -0.2) is 0 Å². The SMILES string of the molecule is Cc1cccc([C@@H]2CCCN2C(=O)c2cc(-c3ccccc3)no2)c1. The Morgan fingerprint density at radius 2 is 1.96 bits per heavy atom. The number of carbonyl (C=O) groups is 1. The quantitative estimate of drug-likeness (QED) is 0.702. The Kier molecular flexibility index (Phi) is 4.10. The van der Waals surface area contributed by atoms with Crippen LogP contribution in [0.2, 0.25) is 0 Å². The molecule has 4 heteroatoms. The molecule has 2 aromatic carbocycles. The fourth-order valence-corrected chi connectivity index (χ4v) is 3.50. The van der Waals surface area contributed by atoms with Gasteiger partial charge in [-0.3, -0.25) is 4.79 Å². The smallest absolute Gasteiger partial charge is 0.292 e. The molecular weight excluding hydrogens is 312 g/mol. The molecule has 0 unspecified atom stereocenters. The maximum Gasteiger partial charge on any atom is 0.292 e. The van der Waals surface area contributed by atoms with Gasteiger partial charge < -0.3 is 9.42 Å². The lowest BCUT2D eigenvalue weighted by Crippen LogP contribution is -2.30. The summed E-state index contributed by atoms with van der Waals surface area (Å²) in [6, 6.07) is 20.0. The number of benzene rings is 2. The Morgan fingerprint density at radius 3 is 2.76 bits per heavy atom. The van der Waals surface area contributed by atoms with Gasteiger partial charge in [-0.05, 0) is 25.3 Å². The van der Waals surface area contributed by atoms with Crippen LogP contribution in [-0.4, -0.2) is 22.5 Å². The first kappa shape index (κ1) is 15.6. The van der Waals surface area contributed by atoms with Gasteiger partial charge in [0.25, 0.3) is 5.91 Å². The minimum atomic E-state index is -0.0845. The molecule has 1 aromatic heterocycles. The number of hydrogen-bond acceptors (Lipinski definition) is 3. The third kappa shape index (κ3) is 3.07. The highest BCUT2D eigenvalue weighted by molar-refractivity contribution is 5.93. The van der Waals surface area contributed by atoms with E-state index in [2.05, 4.69) is 30.3 Å². The summed E-state index contributed by atoms with van der Waals surface area (Å²) in [6.45, 7) is 2.83. The van der Waals surface area contributed by atoms with Crippen molar-refractivity contribution in [3.63, 3.8) is 0 Å². The molecule has 1 fully saturated rings. The molecule has 3 aromatic rings. The molecule has 1 amide bonds. The predicted octanol–water partition coefficient (Wildman–Crippen LogP) is 4.63. The lowest BCUT2D eigenvalue weighted by Gasteiger charge is -2.24. The largest absolute Gasteiger partial charge is 0.350 e. The molecule has 0 bridgehead atoms. The average molecular weight is 332 g/mol. The molecule has 0 aliphatic carbocycles. The van der Waals surface area contributed by atoms with Gasteiger partial charge in [-0.15, -0.1) is 0 Å². The van der Waals surface area contributed by atoms with Crippen LogP contribution in [-0.2, 0) is 0 Å². The van der Waals surface area contributed by atoms with E-state index in [0.29, 0.717) is 11.5 Å². The molecule has 1 aliphatic rings. The zero-order valence-corrected chi connectivity index (χ0v) is 14.2. The first-order chi connectivity index (χ1) is 12.2. The lowest BCUT2D eigenvalue weighted by atomic mass is 10.0. The van der Waals surface area contributed by atoms with Gasteiger partial charge in [0.15, 0.2) is 0 Å². The summed E-state index contributed by atoms with van der Waals surface area (Å²) >= 11 is 0. The number of aromatic nitrogens is 1. The molecule has 2 heterocycles. The average Bonchev–Trinajstić information content (AvgIpc) is 3.32. The zero-order valence-electron chi connectivity index (χ0n) is 14.2. The highest BCUT2D eigenvalue weighted by Gasteiger charge is 2.32. The fourth-order valence-electron chi connectivity index (χ4n) is 3.50. The van der Waals surface area contributed by atoms with E-state index in [1.807, 2.05) is 41.3 Å². The maximum absolute atomic E-state index is 13.0. The Bertz CT molecular complexity index is 886. The summed E-state index contributed by atoms with van der Waals surface area (Å²) in [7, 11) is 0. The first-order valence-corrected chi connectivity index (χ1v) is 8.62. The van der Waals surface area contributed by atoms with E-state index in [1.54, 1.807) is 6.07 Å². The molecule has 0 saturated carbocycles. The number of amides is 1. The molecule has 126 valence electrons. The minimum Gasteiger partial charge on any atom is -0.350 e. The second-order valence-corrected chi connectivity index (χ2v) is 6.51. The number of nitrogens with zero attached hydrogens (tertiary/aromatic N) is 2. The molecule has 1 saturated heterocycles. The molecule has 0 radical (unpaired) electrons. The Labute approximate surface area is 147 Å². The van der Waals surface area contributed by atoms with Gasteiger partial charge in [0.2, 0.25) is 5.76 Å². The summed E-state index contributed by atoms with van der Waals surface area (Å²) in [5.41, 5.74) is 4.04. The van der Waals surface area contributed by atoms with Crippen molar-refractivity contribution in [1.29, 1.82) is 0 Å². The monoisotopic (exact) mass is 332 g/mol. The van der Waals surface area contributed by atoms with Gasteiger partial charge in [-0.2, -0.15) is 0 Å². The van der Waals surface area contributed by atoms with Gasteiger partial charge in [-0.1, -0.05) is 65.3 Å². The highest BCUT2D eigenvalue weighted by Crippen LogP contribution is 2.34. The summed E-state index contributed by atoms with van der Waals surface area (Å²) in [5, 5.41) is 4.07. The Balaban J connectivity index is 1.59. The van der Waals surface area contributed by atoms with Gasteiger partial charge >= 0.3 is 0 Å². The first-order valence-electron chi connectivity index (χ1n) is 8.62. The molecule has 25 heavy (non-hydrogen) atoms. The number of carbonyl (C=O) groups excluding carboxylic acids is 1. The second-order valence-electron chi connectivity index (χ2n) is 6.51. The number of likely N-dealkylation sites (tertiary alicyclic amines) is 1. The van der Waals surface area contributed by atoms with Crippen molar-refractivity contribution < 1.29 is 9.32 Å². The van der Waals surface area contributed by atoms with Crippen molar-refractivity contribution in [2.45, 2.75) is 25.8 Å².